The van der Waals surface area contributed by atoms with E-state index in [1.165, 1.54) is 28.7 Å². The number of halogens is 1. The van der Waals surface area contributed by atoms with Crippen LogP contribution in [0.3, 0.4) is 0 Å². The van der Waals surface area contributed by atoms with E-state index in [2.05, 4.69) is 4.98 Å². The van der Waals surface area contributed by atoms with Crippen LogP contribution in [0.15, 0.2) is 30.3 Å². The molecule has 0 spiro atoms. The topological polar surface area (TPSA) is 76.3 Å². The summed E-state index contributed by atoms with van der Waals surface area (Å²) in [6.07, 6.45) is 0.605. The van der Waals surface area contributed by atoms with Crippen molar-refractivity contribution < 1.29 is 9.72 Å². The molecule has 1 aliphatic heterocycles. The SMILES string of the molecule is Cc1nc(-c2ccc(Cl)s2)sc1C(=O)N1CCc2cc([N+](=O)[O-])ccc21. The van der Waals surface area contributed by atoms with Crippen LogP contribution in [0, 0.1) is 17.0 Å². The Morgan fingerprint density at radius 1 is 1.31 bits per heavy atom. The minimum absolute atomic E-state index is 0.0453. The molecule has 1 amide bonds. The summed E-state index contributed by atoms with van der Waals surface area (Å²) >= 11 is 8.76. The van der Waals surface area contributed by atoms with E-state index < -0.39 is 4.92 Å². The normalized spacial score (nSPS) is 13.1. The molecule has 0 unspecified atom stereocenters. The van der Waals surface area contributed by atoms with Gasteiger partial charge in [0.05, 0.1) is 19.8 Å². The number of carbonyl (C=O) groups is 1. The number of non-ortho nitro benzene ring substituents is 1. The zero-order chi connectivity index (χ0) is 18.4. The van der Waals surface area contributed by atoms with Gasteiger partial charge in [0.25, 0.3) is 11.6 Å². The largest absolute Gasteiger partial charge is 0.307 e. The molecule has 2 aromatic heterocycles. The van der Waals surface area contributed by atoms with Gasteiger partial charge in [-0.3, -0.25) is 14.9 Å². The van der Waals surface area contributed by atoms with Gasteiger partial charge >= 0.3 is 0 Å². The van der Waals surface area contributed by atoms with E-state index >= 15 is 0 Å². The third-order valence-corrected chi connectivity index (χ3v) is 6.74. The number of nitro groups is 1. The number of hydrogen-bond donors (Lipinski definition) is 0. The average molecular weight is 406 g/mol. The second kappa shape index (κ2) is 6.46. The van der Waals surface area contributed by atoms with Crippen LogP contribution in [-0.2, 0) is 6.42 Å². The van der Waals surface area contributed by atoms with Gasteiger partial charge in [-0.15, -0.1) is 22.7 Å². The molecule has 132 valence electrons. The number of fused-ring (bicyclic) bond motifs is 1. The van der Waals surface area contributed by atoms with Crippen LogP contribution in [0.25, 0.3) is 9.88 Å². The fourth-order valence-corrected chi connectivity index (χ4v) is 5.08. The van der Waals surface area contributed by atoms with Crippen LogP contribution < -0.4 is 4.90 Å². The summed E-state index contributed by atoms with van der Waals surface area (Å²) in [4.78, 5) is 31.2. The molecule has 9 heteroatoms. The number of carbonyl (C=O) groups excluding carboxylic acids is 1. The van der Waals surface area contributed by atoms with Crippen molar-refractivity contribution in [3.05, 3.63) is 60.9 Å². The molecule has 0 aliphatic carbocycles. The van der Waals surface area contributed by atoms with Gasteiger partial charge in [-0.25, -0.2) is 4.98 Å². The molecule has 1 aromatic carbocycles. The number of hydrogen-bond acceptors (Lipinski definition) is 6. The van der Waals surface area contributed by atoms with Crippen molar-refractivity contribution in [2.75, 3.05) is 11.4 Å². The minimum Gasteiger partial charge on any atom is -0.307 e. The van der Waals surface area contributed by atoms with Gasteiger partial charge < -0.3 is 4.90 Å². The second-order valence-corrected chi connectivity index (χ2v) is 8.53. The van der Waals surface area contributed by atoms with E-state index in [4.69, 9.17) is 11.6 Å². The number of aryl methyl sites for hydroxylation is 1. The van der Waals surface area contributed by atoms with Gasteiger partial charge in [0.2, 0.25) is 0 Å². The quantitative estimate of drug-likeness (QED) is 0.456. The van der Waals surface area contributed by atoms with Crippen LogP contribution in [-0.4, -0.2) is 22.4 Å². The van der Waals surface area contributed by atoms with E-state index in [0.717, 1.165) is 21.1 Å². The number of anilines is 1. The lowest BCUT2D eigenvalue weighted by Crippen LogP contribution is -2.28. The summed E-state index contributed by atoms with van der Waals surface area (Å²) < 4.78 is 0.677. The first kappa shape index (κ1) is 17.1. The first-order valence-electron chi connectivity index (χ1n) is 7.76. The predicted molar refractivity (Wildman–Crippen MR) is 104 cm³/mol. The lowest BCUT2D eigenvalue weighted by Gasteiger charge is -2.16. The summed E-state index contributed by atoms with van der Waals surface area (Å²) in [7, 11) is 0. The van der Waals surface area contributed by atoms with E-state index in [1.807, 2.05) is 19.1 Å². The highest BCUT2D eigenvalue weighted by molar-refractivity contribution is 7.24. The summed E-state index contributed by atoms with van der Waals surface area (Å²) in [6.45, 7) is 2.32. The Labute approximate surface area is 161 Å². The zero-order valence-electron chi connectivity index (χ0n) is 13.6. The first-order valence-corrected chi connectivity index (χ1v) is 9.77. The molecule has 4 rings (SSSR count). The first-order chi connectivity index (χ1) is 12.4. The molecule has 26 heavy (non-hydrogen) atoms. The Kier molecular flexibility index (Phi) is 4.26. The summed E-state index contributed by atoms with van der Waals surface area (Å²) in [5, 5.41) is 11.7. The maximum Gasteiger partial charge on any atom is 0.270 e. The van der Waals surface area contributed by atoms with Crippen molar-refractivity contribution in [2.45, 2.75) is 13.3 Å². The second-order valence-electron chi connectivity index (χ2n) is 5.81. The Balaban J connectivity index is 1.66. The average Bonchev–Trinajstić information content (AvgIpc) is 3.31. The molecule has 0 saturated carbocycles. The molecule has 6 nitrogen and oxygen atoms in total. The van der Waals surface area contributed by atoms with Gasteiger partial charge in [-0.05, 0) is 37.1 Å². The molecule has 3 heterocycles. The van der Waals surface area contributed by atoms with Gasteiger partial charge in [0.15, 0.2) is 0 Å². The summed E-state index contributed by atoms with van der Waals surface area (Å²) in [6, 6.07) is 8.33. The van der Waals surface area contributed by atoms with Crippen LogP contribution in [0.1, 0.15) is 20.9 Å². The van der Waals surface area contributed by atoms with Gasteiger partial charge in [-0.1, -0.05) is 11.6 Å². The van der Waals surface area contributed by atoms with Crippen molar-refractivity contribution in [3.63, 3.8) is 0 Å². The molecule has 1 aliphatic rings. The number of amides is 1. The Bertz CT molecular complexity index is 1040. The van der Waals surface area contributed by atoms with Gasteiger partial charge in [0.1, 0.15) is 9.88 Å². The zero-order valence-corrected chi connectivity index (χ0v) is 16.0. The highest BCUT2D eigenvalue weighted by Crippen LogP contribution is 2.37. The highest BCUT2D eigenvalue weighted by Gasteiger charge is 2.29. The Morgan fingerprint density at radius 3 is 2.81 bits per heavy atom. The molecule has 3 aromatic rings. The lowest BCUT2D eigenvalue weighted by molar-refractivity contribution is -0.384. The molecule has 0 N–H and O–H groups in total. The fourth-order valence-electron chi connectivity index (χ4n) is 2.96. The molecule has 0 radical (unpaired) electrons. The number of nitrogens with zero attached hydrogens (tertiary/aromatic N) is 3. The number of aromatic nitrogens is 1. The summed E-state index contributed by atoms with van der Waals surface area (Å²) in [5.74, 6) is -0.124. The van der Waals surface area contributed by atoms with Crippen molar-refractivity contribution in [1.29, 1.82) is 0 Å². The number of thiazole rings is 1. The molecule has 0 bridgehead atoms. The molecular formula is C17H12ClN3O3S2. The fraction of sp³-hybridized carbons (Fsp3) is 0.176. The van der Waals surface area contributed by atoms with Crippen LogP contribution in [0.2, 0.25) is 4.34 Å². The Morgan fingerprint density at radius 2 is 2.12 bits per heavy atom. The van der Waals surface area contributed by atoms with Crippen LogP contribution in [0.5, 0.6) is 0 Å². The summed E-state index contributed by atoms with van der Waals surface area (Å²) in [5.41, 5.74) is 2.27. The maximum absolute atomic E-state index is 13.0. The highest BCUT2D eigenvalue weighted by atomic mass is 35.5. The number of rotatable bonds is 3. The monoisotopic (exact) mass is 405 g/mol. The molecule has 0 saturated heterocycles. The van der Waals surface area contributed by atoms with Crippen molar-refractivity contribution in [3.8, 4) is 9.88 Å². The van der Waals surface area contributed by atoms with Crippen LogP contribution >= 0.6 is 34.3 Å². The van der Waals surface area contributed by atoms with Gasteiger partial charge in [0, 0.05) is 24.4 Å². The van der Waals surface area contributed by atoms with Crippen molar-refractivity contribution >= 4 is 51.6 Å². The molecule has 0 fully saturated rings. The smallest absolute Gasteiger partial charge is 0.270 e. The lowest BCUT2D eigenvalue weighted by atomic mass is 10.1. The molecule has 0 atom stereocenters. The predicted octanol–water partition coefficient (Wildman–Crippen LogP) is 4.94. The van der Waals surface area contributed by atoms with E-state index in [9.17, 15) is 14.9 Å². The van der Waals surface area contributed by atoms with Gasteiger partial charge in [-0.2, -0.15) is 0 Å². The number of thiophene rings is 1. The van der Waals surface area contributed by atoms with E-state index in [-0.39, 0.29) is 11.6 Å². The van der Waals surface area contributed by atoms with Crippen molar-refractivity contribution in [1.82, 2.24) is 4.98 Å². The molecular weight excluding hydrogens is 394 g/mol. The van der Waals surface area contributed by atoms with E-state index in [1.54, 1.807) is 17.0 Å². The maximum atomic E-state index is 13.0. The minimum atomic E-state index is -0.420. The number of nitro benzene ring substituents is 1. The standard InChI is InChI=1S/C17H12ClN3O3S2/c1-9-15(26-16(19-9)13-4-5-14(18)25-13)17(22)20-7-6-10-8-11(21(23)24)2-3-12(10)20/h2-5,8H,6-7H2,1H3. The Hall–Kier alpha value is -2.29. The van der Waals surface area contributed by atoms with Crippen molar-refractivity contribution in [2.24, 2.45) is 0 Å². The number of benzene rings is 1. The van der Waals surface area contributed by atoms with Crippen LogP contribution in [0.4, 0.5) is 11.4 Å². The van der Waals surface area contributed by atoms with E-state index in [0.29, 0.717) is 27.9 Å². The third-order valence-electron chi connectivity index (χ3n) is 4.19. The third kappa shape index (κ3) is 2.90.